The molecule has 0 aromatic carbocycles. The molecule has 1 aliphatic carbocycles. The first-order valence-electron chi connectivity index (χ1n) is 11.5. The van der Waals surface area contributed by atoms with Gasteiger partial charge in [-0.2, -0.15) is 13.2 Å². The maximum Gasteiger partial charge on any atom is 0.471 e. The third-order valence-electron chi connectivity index (χ3n) is 6.15. The molecule has 0 aromatic heterocycles. The number of nitrogens with zero attached hydrogens (tertiary/aromatic N) is 1. The van der Waals surface area contributed by atoms with Crippen LogP contribution in [0.3, 0.4) is 0 Å². The molecule has 2 rings (SSSR count). The van der Waals surface area contributed by atoms with E-state index in [9.17, 15) is 42.6 Å². The summed E-state index contributed by atoms with van der Waals surface area (Å²) in [4.78, 5) is 48.2. The van der Waals surface area contributed by atoms with E-state index in [1.54, 1.807) is 12.2 Å². The van der Waals surface area contributed by atoms with E-state index in [1.165, 1.54) is 0 Å². The molecule has 2 amide bonds. The van der Waals surface area contributed by atoms with Gasteiger partial charge in [0, 0.05) is 18.9 Å². The number of amides is 2. The Hall–Kier alpha value is -2.67. The maximum atomic E-state index is 12.8. The SMILES string of the molecule is CCOC(=O)[C@@]1(N)C[C@H]1/C=C\CCCCC[C@H](NC(=O)C(F)(F)F)C(=O)N1C[C@H](O)C[C@H]1C(=O)O. The van der Waals surface area contributed by atoms with Crippen molar-refractivity contribution in [3.8, 4) is 0 Å². The van der Waals surface area contributed by atoms with Crippen LogP contribution in [0, 0.1) is 5.92 Å². The van der Waals surface area contributed by atoms with E-state index in [2.05, 4.69) is 0 Å². The van der Waals surface area contributed by atoms with Crippen LogP contribution in [0.5, 0.6) is 0 Å². The van der Waals surface area contributed by atoms with Crippen LogP contribution in [-0.2, 0) is 23.9 Å². The second kappa shape index (κ2) is 11.8. The topological polar surface area (TPSA) is 159 Å². The van der Waals surface area contributed by atoms with Gasteiger partial charge in [0.05, 0.1) is 12.7 Å². The van der Waals surface area contributed by atoms with Crippen molar-refractivity contribution >= 4 is 23.8 Å². The molecule has 198 valence electrons. The number of hydrogen-bond acceptors (Lipinski definition) is 7. The number of unbranched alkanes of at least 4 members (excludes halogenated alkanes) is 3. The number of esters is 1. The Balaban J connectivity index is 1.86. The van der Waals surface area contributed by atoms with Crippen molar-refractivity contribution in [1.82, 2.24) is 10.2 Å². The lowest BCUT2D eigenvalue weighted by Crippen LogP contribution is -2.54. The Morgan fingerprint density at radius 1 is 1.26 bits per heavy atom. The minimum atomic E-state index is -5.20. The number of rotatable bonds is 12. The van der Waals surface area contributed by atoms with E-state index in [1.807, 2.05) is 12.2 Å². The van der Waals surface area contributed by atoms with E-state index >= 15 is 0 Å². The van der Waals surface area contributed by atoms with E-state index in [-0.39, 0.29) is 31.9 Å². The van der Waals surface area contributed by atoms with Gasteiger partial charge >= 0.3 is 24.0 Å². The highest BCUT2D eigenvalue weighted by Gasteiger charge is 2.57. The summed E-state index contributed by atoms with van der Waals surface area (Å²) in [6.07, 6.45) is -0.438. The number of nitrogens with one attached hydrogen (secondary N) is 1. The van der Waals surface area contributed by atoms with Crippen LogP contribution < -0.4 is 11.1 Å². The fourth-order valence-corrected chi connectivity index (χ4v) is 4.08. The fraction of sp³-hybridized carbons (Fsp3) is 0.727. The summed E-state index contributed by atoms with van der Waals surface area (Å²) >= 11 is 0. The fourth-order valence-electron chi connectivity index (χ4n) is 4.08. The number of likely N-dealkylation sites (tertiary alicyclic amines) is 1. The largest absolute Gasteiger partial charge is 0.480 e. The molecule has 0 aromatic rings. The number of allylic oxidation sites excluding steroid dienone is 1. The quantitative estimate of drug-likeness (QED) is 0.172. The molecule has 13 heteroatoms. The summed E-state index contributed by atoms with van der Waals surface area (Å²) < 4.78 is 43.2. The number of carboxylic acid groups (broad SMARTS) is 1. The summed E-state index contributed by atoms with van der Waals surface area (Å²) in [5, 5.41) is 20.6. The molecule has 10 nitrogen and oxygen atoms in total. The molecule has 1 aliphatic heterocycles. The van der Waals surface area contributed by atoms with Gasteiger partial charge in [0.2, 0.25) is 5.91 Å². The molecule has 0 unspecified atom stereocenters. The van der Waals surface area contributed by atoms with Crippen molar-refractivity contribution in [3.05, 3.63) is 12.2 Å². The lowest BCUT2D eigenvalue weighted by molar-refractivity contribution is -0.175. The number of aliphatic hydroxyl groups is 1. The van der Waals surface area contributed by atoms with E-state index in [0.29, 0.717) is 32.1 Å². The molecule has 1 saturated heterocycles. The molecular formula is C22H32F3N3O7. The molecule has 0 bridgehead atoms. The van der Waals surface area contributed by atoms with Gasteiger partial charge in [0.25, 0.3) is 0 Å². The Kier molecular flexibility index (Phi) is 9.67. The van der Waals surface area contributed by atoms with Gasteiger partial charge in [-0.05, 0) is 32.6 Å². The zero-order valence-electron chi connectivity index (χ0n) is 19.4. The molecule has 1 heterocycles. The maximum absolute atomic E-state index is 12.8. The van der Waals surface area contributed by atoms with E-state index in [4.69, 9.17) is 10.5 Å². The predicted molar refractivity (Wildman–Crippen MR) is 116 cm³/mol. The molecule has 5 atom stereocenters. The van der Waals surface area contributed by atoms with Crippen LogP contribution in [0.2, 0.25) is 0 Å². The minimum Gasteiger partial charge on any atom is -0.480 e. The van der Waals surface area contributed by atoms with Gasteiger partial charge < -0.3 is 30.9 Å². The molecule has 2 aliphatic rings. The Labute approximate surface area is 200 Å². The highest BCUT2D eigenvalue weighted by molar-refractivity contribution is 5.92. The Bertz CT molecular complexity index is 836. The van der Waals surface area contributed by atoms with Crippen LogP contribution in [0.25, 0.3) is 0 Å². The first-order chi connectivity index (χ1) is 16.3. The standard InChI is InChI=1S/C22H32F3N3O7/c1-2-35-20(34)21(26)11-13(21)8-6-4-3-5-7-9-15(27-19(33)22(23,24)25)17(30)28-12-14(29)10-16(28)18(31)32/h6,8,13-16,29H,2-5,7,9-12,26H2,1H3,(H,27,33)(H,31,32)/b8-6-/t13-,14-,15+,16+,21-/m1/s1. The number of carbonyl (C=O) groups excluding carboxylic acids is 3. The molecule has 5 N–H and O–H groups in total. The normalized spacial score (nSPS) is 27.0. The van der Waals surface area contributed by atoms with Gasteiger partial charge in [-0.25, -0.2) is 4.79 Å². The number of β-amino-alcohol motifs (C(OH)–C–C–N with tert-alkyl or cyclic N) is 1. The Morgan fingerprint density at radius 2 is 1.94 bits per heavy atom. The van der Waals surface area contributed by atoms with Crippen molar-refractivity contribution in [2.45, 2.75) is 81.8 Å². The number of carboxylic acids is 1. The van der Waals surface area contributed by atoms with Crippen molar-refractivity contribution in [2.24, 2.45) is 11.7 Å². The third kappa shape index (κ3) is 7.66. The van der Waals surface area contributed by atoms with Crippen LogP contribution in [-0.4, -0.2) is 81.9 Å². The molecule has 0 radical (unpaired) electrons. The van der Waals surface area contributed by atoms with E-state index in [0.717, 1.165) is 4.90 Å². The predicted octanol–water partition coefficient (Wildman–Crippen LogP) is 0.867. The average molecular weight is 508 g/mol. The number of ether oxygens (including phenoxy) is 1. The van der Waals surface area contributed by atoms with Gasteiger partial charge in [0.1, 0.15) is 17.6 Å². The number of alkyl halides is 3. The summed E-state index contributed by atoms with van der Waals surface area (Å²) in [5.41, 5.74) is 4.98. The summed E-state index contributed by atoms with van der Waals surface area (Å²) in [5.74, 6) is -5.20. The molecule has 35 heavy (non-hydrogen) atoms. The summed E-state index contributed by atoms with van der Waals surface area (Å²) in [6.45, 7) is 1.60. The molecule has 2 fully saturated rings. The van der Waals surface area contributed by atoms with Crippen LogP contribution in [0.15, 0.2) is 12.2 Å². The van der Waals surface area contributed by atoms with Gasteiger partial charge in [-0.1, -0.05) is 25.0 Å². The van der Waals surface area contributed by atoms with Crippen LogP contribution >= 0.6 is 0 Å². The van der Waals surface area contributed by atoms with Crippen LogP contribution in [0.4, 0.5) is 13.2 Å². The molecule has 0 spiro atoms. The van der Waals surface area contributed by atoms with E-state index < -0.39 is 53.7 Å². The monoisotopic (exact) mass is 507 g/mol. The zero-order chi connectivity index (χ0) is 26.4. The van der Waals surface area contributed by atoms with Crippen molar-refractivity contribution in [3.63, 3.8) is 0 Å². The number of aliphatic carboxylic acids is 1. The second-order valence-electron chi connectivity index (χ2n) is 8.90. The van der Waals surface area contributed by atoms with Gasteiger partial charge in [0.15, 0.2) is 0 Å². The molecule has 1 saturated carbocycles. The lowest BCUT2D eigenvalue weighted by atomic mass is 10.0. The first-order valence-corrected chi connectivity index (χ1v) is 11.5. The second-order valence-corrected chi connectivity index (χ2v) is 8.90. The number of hydrogen-bond donors (Lipinski definition) is 4. The number of halogens is 3. The summed E-state index contributed by atoms with van der Waals surface area (Å²) in [6, 6.07) is -2.94. The lowest BCUT2D eigenvalue weighted by Gasteiger charge is -2.27. The molecular weight excluding hydrogens is 475 g/mol. The zero-order valence-corrected chi connectivity index (χ0v) is 19.4. The van der Waals surface area contributed by atoms with Crippen molar-refractivity contribution in [2.75, 3.05) is 13.2 Å². The Morgan fingerprint density at radius 3 is 2.54 bits per heavy atom. The average Bonchev–Trinajstić information content (AvgIpc) is 3.27. The third-order valence-corrected chi connectivity index (χ3v) is 6.15. The van der Waals surface area contributed by atoms with Crippen molar-refractivity contribution < 1.29 is 47.3 Å². The first kappa shape index (κ1) is 28.6. The van der Waals surface area contributed by atoms with Gasteiger partial charge in [-0.15, -0.1) is 0 Å². The smallest absolute Gasteiger partial charge is 0.471 e. The van der Waals surface area contributed by atoms with Crippen molar-refractivity contribution in [1.29, 1.82) is 0 Å². The number of carbonyl (C=O) groups is 4. The highest BCUT2D eigenvalue weighted by atomic mass is 19.4. The van der Waals surface area contributed by atoms with Crippen LogP contribution in [0.1, 0.15) is 51.9 Å². The number of nitrogens with two attached hydrogens (primary N) is 1. The minimum absolute atomic E-state index is 0.112. The highest BCUT2D eigenvalue weighted by Crippen LogP contribution is 2.43. The van der Waals surface area contributed by atoms with Gasteiger partial charge in [-0.3, -0.25) is 14.4 Å². The summed E-state index contributed by atoms with van der Waals surface area (Å²) in [7, 11) is 0. The number of aliphatic hydroxyl groups excluding tert-OH is 1.